The van der Waals surface area contributed by atoms with E-state index in [-0.39, 0.29) is 0 Å². The lowest BCUT2D eigenvalue weighted by molar-refractivity contribution is -0.562. The molecule has 2 nitrogen and oxygen atoms in total. The van der Waals surface area contributed by atoms with Gasteiger partial charge >= 0.3 is 5.37 Å². The van der Waals surface area contributed by atoms with Gasteiger partial charge in [0.15, 0.2) is 12.4 Å². The Morgan fingerprint density at radius 2 is 1.78 bits per heavy atom. The standard InChI is InChI=1S/C6H5ClNO/c7-6(9)8-4-2-1-3-5-8/h1-5H/q+1. The fraction of sp³-hybridized carbons (Fsp3) is 0. The average molecular weight is 143 g/mol. The summed E-state index contributed by atoms with van der Waals surface area (Å²) in [5.74, 6) is 0. The Balaban J connectivity index is 2.98. The number of halogens is 1. The molecule has 9 heavy (non-hydrogen) atoms. The van der Waals surface area contributed by atoms with E-state index >= 15 is 0 Å². The number of hydrogen-bond acceptors (Lipinski definition) is 1. The van der Waals surface area contributed by atoms with Crippen molar-refractivity contribution in [3.05, 3.63) is 30.6 Å². The fourth-order valence-electron chi connectivity index (χ4n) is 0.516. The Morgan fingerprint density at radius 1 is 1.22 bits per heavy atom. The number of carbonyl (C=O) groups excluding carboxylic acids is 1. The predicted molar refractivity (Wildman–Crippen MR) is 33.3 cm³/mol. The molecule has 0 saturated carbocycles. The van der Waals surface area contributed by atoms with Crippen molar-refractivity contribution in [3.63, 3.8) is 0 Å². The molecule has 0 spiro atoms. The maximum atomic E-state index is 10.4. The molecule has 0 N–H and O–H groups in total. The molecule has 1 rings (SSSR count). The summed E-state index contributed by atoms with van der Waals surface area (Å²) in [5, 5.41) is -0.490. The van der Waals surface area contributed by atoms with Gasteiger partial charge in [0.2, 0.25) is 0 Å². The number of carbonyl (C=O) groups is 1. The highest BCUT2D eigenvalue weighted by Crippen LogP contribution is 1.80. The topological polar surface area (TPSA) is 20.9 Å². The predicted octanol–water partition coefficient (Wildman–Crippen LogP) is 1.18. The van der Waals surface area contributed by atoms with Gasteiger partial charge in [-0.15, -0.1) is 4.57 Å². The first-order valence-electron chi connectivity index (χ1n) is 2.47. The summed E-state index contributed by atoms with van der Waals surface area (Å²) in [6, 6.07) is 5.29. The van der Waals surface area contributed by atoms with Crippen molar-refractivity contribution in [2.75, 3.05) is 0 Å². The van der Waals surface area contributed by atoms with E-state index in [1.807, 2.05) is 6.07 Å². The lowest BCUT2D eigenvalue weighted by atomic mass is 10.5. The molecule has 1 aromatic heterocycles. The fourth-order valence-corrected chi connectivity index (χ4v) is 0.629. The highest BCUT2D eigenvalue weighted by molar-refractivity contribution is 6.60. The van der Waals surface area contributed by atoms with Crippen LogP contribution in [0.5, 0.6) is 0 Å². The van der Waals surface area contributed by atoms with Gasteiger partial charge in [-0.3, -0.25) is 0 Å². The van der Waals surface area contributed by atoms with Crippen molar-refractivity contribution >= 4 is 17.0 Å². The summed E-state index contributed by atoms with van der Waals surface area (Å²) >= 11 is 5.13. The van der Waals surface area contributed by atoms with E-state index in [0.717, 1.165) is 0 Å². The monoisotopic (exact) mass is 142 g/mol. The van der Waals surface area contributed by atoms with Gasteiger partial charge in [0.25, 0.3) is 0 Å². The van der Waals surface area contributed by atoms with Crippen molar-refractivity contribution in [2.24, 2.45) is 0 Å². The lowest BCUT2D eigenvalue weighted by Gasteiger charge is -1.80. The Labute approximate surface area is 57.7 Å². The third-order valence-electron chi connectivity index (χ3n) is 0.919. The Morgan fingerprint density at radius 3 is 2.11 bits per heavy atom. The molecule has 0 unspecified atom stereocenters. The molecular weight excluding hydrogens is 138 g/mol. The van der Waals surface area contributed by atoms with Gasteiger partial charge in [-0.1, -0.05) is 6.07 Å². The van der Waals surface area contributed by atoms with Crippen LogP contribution in [0.4, 0.5) is 4.79 Å². The summed E-state index contributed by atoms with van der Waals surface area (Å²) in [6.07, 6.45) is 3.19. The van der Waals surface area contributed by atoms with Crippen LogP contribution in [-0.4, -0.2) is 5.37 Å². The molecule has 1 heterocycles. The van der Waals surface area contributed by atoms with Crippen molar-refractivity contribution in [3.8, 4) is 0 Å². The first-order valence-corrected chi connectivity index (χ1v) is 2.84. The second-order valence-electron chi connectivity index (χ2n) is 1.54. The van der Waals surface area contributed by atoms with Crippen LogP contribution in [0.3, 0.4) is 0 Å². The number of pyridine rings is 1. The number of rotatable bonds is 0. The van der Waals surface area contributed by atoms with Gasteiger partial charge in [-0.25, -0.2) is 4.79 Å². The SMILES string of the molecule is O=C(Cl)[n+]1ccccc1. The summed E-state index contributed by atoms with van der Waals surface area (Å²) in [6.45, 7) is 0. The summed E-state index contributed by atoms with van der Waals surface area (Å²) in [4.78, 5) is 10.4. The molecule has 0 aliphatic carbocycles. The number of aromatic nitrogens is 1. The second-order valence-corrected chi connectivity index (χ2v) is 1.86. The van der Waals surface area contributed by atoms with Crippen LogP contribution in [-0.2, 0) is 0 Å². The van der Waals surface area contributed by atoms with E-state index in [1.165, 1.54) is 4.57 Å². The first-order chi connectivity index (χ1) is 4.30. The van der Waals surface area contributed by atoms with Gasteiger partial charge < -0.3 is 0 Å². The Kier molecular flexibility index (Phi) is 1.80. The van der Waals surface area contributed by atoms with Crippen LogP contribution < -0.4 is 4.57 Å². The maximum absolute atomic E-state index is 10.4. The molecule has 0 amide bonds. The normalized spacial score (nSPS) is 9.00. The molecule has 0 saturated heterocycles. The Bertz CT molecular complexity index is 210. The van der Waals surface area contributed by atoms with Gasteiger partial charge in [0.1, 0.15) is 0 Å². The van der Waals surface area contributed by atoms with Gasteiger partial charge in [0, 0.05) is 23.7 Å². The minimum absolute atomic E-state index is 0.490. The van der Waals surface area contributed by atoms with E-state index in [9.17, 15) is 4.79 Å². The second kappa shape index (κ2) is 2.60. The van der Waals surface area contributed by atoms with Crippen molar-refractivity contribution in [1.29, 1.82) is 0 Å². The average Bonchev–Trinajstić information content (AvgIpc) is 1.90. The lowest BCUT2D eigenvalue weighted by Crippen LogP contribution is -2.36. The largest absolute Gasteiger partial charge is 0.491 e. The van der Waals surface area contributed by atoms with Crippen LogP contribution in [0.2, 0.25) is 0 Å². The van der Waals surface area contributed by atoms with Crippen LogP contribution >= 0.6 is 11.6 Å². The van der Waals surface area contributed by atoms with E-state index < -0.39 is 5.37 Å². The van der Waals surface area contributed by atoms with E-state index in [1.54, 1.807) is 24.5 Å². The highest BCUT2D eigenvalue weighted by Gasteiger charge is 2.05. The molecule has 3 heteroatoms. The zero-order valence-electron chi connectivity index (χ0n) is 4.62. The quantitative estimate of drug-likeness (QED) is 0.394. The number of nitrogens with zero attached hydrogens (tertiary/aromatic N) is 1. The smallest absolute Gasteiger partial charge is 0.201 e. The van der Waals surface area contributed by atoms with E-state index in [2.05, 4.69) is 0 Å². The van der Waals surface area contributed by atoms with Crippen molar-refractivity contribution < 1.29 is 9.36 Å². The minimum atomic E-state index is -0.490. The molecule has 46 valence electrons. The first kappa shape index (κ1) is 6.23. The van der Waals surface area contributed by atoms with Crippen molar-refractivity contribution in [2.45, 2.75) is 0 Å². The zero-order chi connectivity index (χ0) is 6.69. The van der Waals surface area contributed by atoms with Crippen molar-refractivity contribution in [1.82, 2.24) is 0 Å². The molecule has 0 aliphatic heterocycles. The van der Waals surface area contributed by atoms with Gasteiger partial charge in [-0.05, 0) is 0 Å². The molecular formula is C6H5ClNO+. The molecule has 0 aliphatic rings. The molecule has 0 bridgehead atoms. The van der Waals surface area contributed by atoms with Crippen LogP contribution in [0.1, 0.15) is 0 Å². The Hall–Kier alpha value is -0.890. The van der Waals surface area contributed by atoms with Crippen LogP contribution in [0, 0.1) is 0 Å². The molecule has 0 aromatic carbocycles. The number of hydrogen-bond donors (Lipinski definition) is 0. The molecule has 1 aromatic rings. The highest BCUT2D eigenvalue weighted by atomic mass is 35.5. The maximum Gasteiger partial charge on any atom is 0.491 e. The van der Waals surface area contributed by atoms with Crippen LogP contribution in [0.25, 0.3) is 0 Å². The van der Waals surface area contributed by atoms with E-state index in [4.69, 9.17) is 11.6 Å². The van der Waals surface area contributed by atoms with Gasteiger partial charge in [0.05, 0.1) is 0 Å². The molecule has 0 atom stereocenters. The zero-order valence-corrected chi connectivity index (χ0v) is 5.38. The summed E-state index contributed by atoms with van der Waals surface area (Å²) < 4.78 is 1.29. The summed E-state index contributed by atoms with van der Waals surface area (Å²) in [5.41, 5.74) is 0. The third-order valence-corrected chi connectivity index (χ3v) is 1.11. The molecule has 0 radical (unpaired) electrons. The van der Waals surface area contributed by atoms with Crippen LogP contribution in [0.15, 0.2) is 30.6 Å². The summed E-state index contributed by atoms with van der Waals surface area (Å²) in [7, 11) is 0. The third kappa shape index (κ3) is 1.50. The van der Waals surface area contributed by atoms with Gasteiger partial charge in [-0.2, -0.15) is 0 Å². The van der Waals surface area contributed by atoms with E-state index in [0.29, 0.717) is 0 Å². The molecule has 0 fully saturated rings. The minimum Gasteiger partial charge on any atom is -0.201 e.